The number of amides is 1. The summed E-state index contributed by atoms with van der Waals surface area (Å²) in [6.45, 7) is 4.24. The van der Waals surface area contributed by atoms with E-state index >= 15 is 0 Å². The molecular weight excluding hydrogens is 449 g/mol. The van der Waals surface area contributed by atoms with E-state index in [-0.39, 0.29) is 17.2 Å². The highest BCUT2D eigenvalue weighted by molar-refractivity contribution is 14.1. The summed E-state index contributed by atoms with van der Waals surface area (Å²) in [4.78, 5) is 25.5. The molecular formula is C18H18IN3O4. The minimum absolute atomic E-state index is 0.0713. The molecule has 0 spiro atoms. The topological polar surface area (TPSA) is 84.7 Å². The van der Waals surface area contributed by atoms with E-state index in [2.05, 4.69) is 27.9 Å². The fourth-order valence-electron chi connectivity index (χ4n) is 2.76. The van der Waals surface area contributed by atoms with Crippen LogP contribution < -0.4 is 10.2 Å². The van der Waals surface area contributed by atoms with Gasteiger partial charge in [0, 0.05) is 34.0 Å². The summed E-state index contributed by atoms with van der Waals surface area (Å²) in [7, 11) is 0. The highest BCUT2D eigenvalue weighted by atomic mass is 127. The molecule has 0 aliphatic carbocycles. The molecule has 2 aromatic carbocycles. The molecule has 1 fully saturated rings. The van der Waals surface area contributed by atoms with Crippen LogP contribution in [0.3, 0.4) is 0 Å². The Morgan fingerprint density at radius 1 is 1.23 bits per heavy atom. The Balaban J connectivity index is 1.85. The Morgan fingerprint density at radius 3 is 2.62 bits per heavy atom. The molecule has 7 nitrogen and oxygen atoms in total. The minimum atomic E-state index is -0.448. The number of anilines is 2. The lowest BCUT2D eigenvalue weighted by Crippen LogP contribution is -2.36. The first-order chi connectivity index (χ1) is 12.5. The number of carbonyl (C=O) groups is 1. The van der Waals surface area contributed by atoms with E-state index in [1.807, 2.05) is 30.0 Å². The van der Waals surface area contributed by atoms with Gasteiger partial charge in [0.25, 0.3) is 11.6 Å². The summed E-state index contributed by atoms with van der Waals surface area (Å²) in [5.41, 5.74) is 2.47. The van der Waals surface area contributed by atoms with Crippen molar-refractivity contribution in [2.45, 2.75) is 6.92 Å². The van der Waals surface area contributed by atoms with Crippen LogP contribution in [0.4, 0.5) is 17.1 Å². The Morgan fingerprint density at radius 2 is 1.96 bits per heavy atom. The fourth-order valence-corrected chi connectivity index (χ4v) is 3.27. The molecule has 0 radical (unpaired) electrons. The van der Waals surface area contributed by atoms with Gasteiger partial charge in [0.05, 0.1) is 18.1 Å². The number of nitrogens with one attached hydrogen (secondary N) is 1. The van der Waals surface area contributed by atoms with Crippen molar-refractivity contribution in [2.75, 3.05) is 36.5 Å². The molecule has 3 rings (SSSR count). The molecule has 0 atom stereocenters. The zero-order chi connectivity index (χ0) is 18.7. The molecule has 2 aromatic rings. The van der Waals surface area contributed by atoms with Crippen LogP contribution in [0, 0.1) is 20.6 Å². The normalized spacial score (nSPS) is 14.2. The van der Waals surface area contributed by atoms with Crippen LogP contribution in [0.2, 0.25) is 0 Å². The fraction of sp³-hybridized carbons (Fsp3) is 0.278. The quantitative estimate of drug-likeness (QED) is 0.422. The third-order valence-electron chi connectivity index (χ3n) is 4.22. The number of nitro groups is 1. The Kier molecular flexibility index (Phi) is 5.72. The third-order valence-corrected chi connectivity index (χ3v) is 5.38. The maximum Gasteiger partial charge on any atom is 0.293 e. The zero-order valence-electron chi connectivity index (χ0n) is 14.2. The number of rotatable bonds is 4. The molecule has 136 valence electrons. The van der Waals surface area contributed by atoms with Gasteiger partial charge in [0.2, 0.25) is 0 Å². The second kappa shape index (κ2) is 8.00. The standard InChI is InChI=1S/C18H18IN3O4/c1-12-2-4-14(11-15(12)19)20-18(23)13-3-5-16(17(10-13)22(24)25)21-6-8-26-9-7-21/h2-5,10-11H,6-9H2,1H3,(H,20,23). The number of morpholine rings is 1. The first kappa shape index (κ1) is 18.6. The number of halogens is 1. The Labute approximate surface area is 164 Å². The smallest absolute Gasteiger partial charge is 0.293 e. The predicted molar refractivity (Wildman–Crippen MR) is 108 cm³/mol. The van der Waals surface area contributed by atoms with Crippen LogP contribution in [0.15, 0.2) is 36.4 Å². The number of hydrogen-bond donors (Lipinski definition) is 1. The van der Waals surface area contributed by atoms with Gasteiger partial charge >= 0.3 is 0 Å². The predicted octanol–water partition coefficient (Wildman–Crippen LogP) is 3.60. The number of benzene rings is 2. The van der Waals surface area contributed by atoms with E-state index in [1.54, 1.807) is 12.1 Å². The number of nitro benzene ring substituents is 1. The molecule has 0 bridgehead atoms. The van der Waals surface area contributed by atoms with Gasteiger partial charge in [-0.1, -0.05) is 6.07 Å². The molecule has 1 saturated heterocycles. The number of ether oxygens (including phenoxy) is 1. The summed E-state index contributed by atoms with van der Waals surface area (Å²) >= 11 is 2.20. The van der Waals surface area contributed by atoms with Crippen LogP contribution in [0.5, 0.6) is 0 Å². The van der Waals surface area contributed by atoms with Crippen LogP contribution in [0.1, 0.15) is 15.9 Å². The molecule has 0 aromatic heterocycles. The highest BCUT2D eigenvalue weighted by Crippen LogP contribution is 2.30. The van der Waals surface area contributed by atoms with Crippen molar-refractivity contribution >= 4 is 45.6 Å². The SMILES string of the molecule is Cc1ccc(NC(=O)c2ccc(N3CCOCC3)c([N+](=O)[O-])c2)cc1I. The van der Waals surface area contributed by atoms with Crippen LogP contribution in [-0.2, 0) is 4.74 Å². The molecule has 8 heteroatoms. The maximum absolute atomic E-state index is 12.5. The van der Waals surface area contributed by atoms with E-state index in [0.29, 0.717) is 37.7 Å². The van der Waals surface area contributed by atoms with Crippen molar-refractivity contribution in [2.24, 2.45) is 0 Å². The van der Waals surface area contributed by atoms with Crippen LogP contribution in [0.25, 0.3) is 0 Å². The molecule has 1 aliphatic rings. The van der Waals surface area contributed by atoms with E-state index in [1.165, 1.54) is 6.07 Å². The van der Waals surface area contributed by atoms with Gasteiger partial charge in [-0.25, -0.2) is 0 Å². The summed E-state index contributed by atoms with van der Waals surface area (Å²) in [6.07, 6.45) is 0. The number of hydrogen-bond acceptors (Lipinski definition) is 5. The summed E-state index contributed by atoms with van der Waals surface area (Å²) in [5, 5.41) is 14.3. The van der Waals surface area contributed by atoms with Crippen molar-refractivity contribution < 1.29 is 14.5 Å². The first-order valence-electron chi connectivity index (χ1n) is 8.14. The van der Waals surface area contributed by atoms with Gasteiger partial charge in [-0.05, 0) is 59.3 Å². The molecule has 1 aliphatic heterocycles. The van der Waals surface area contributed by atoms with Gasteiger partial charge in [-0.3, -0.25) is 14.9 Å². The summed E-state index contributed by atoms with van der Waals surface area (Å²) < 4.78 is 6.33. The van der Waals surface area contributed by atoms with E-state index in [9.17, 15) is 14.9 Å². The van der Waals surface area contributed by atoms with Crippen LogP contribution >= 0.6 is 22.6 Å². The molecule has 1 amide bonds. The monoisotopic (exact) mass is 467 g/mol. The molecule has 0 saturated carbocycles. The lowest BCUT2D eigenvalue weighted by atomic mass is 10.1. The van der Waals surface area contributed by atoms with Crippen molar-refractivity contribution in [3.63, 3.8) is 0 Å². The molecule has 26 heavy (non-hydrogen) atoms. The second-order valence-electron chi connectivity index (χ2n) is 5.98. The minimum Gasteiger partial charge on any atom is -0.378 e. The van der Waals surface area contributed by atoms with Gasteiger partial charge < -0.3 is 15.0 Å². The summed E-state index contributed by atoms with van der Waals surface area (Å²) in [6, 6.07) is 10.2. The van der Waals surface area contributed by atoms with Gasteiger partial charge in [-0.2, -0.15) is 0 Å². The maximum atomic E-state index is 12.5. The van der Waals surface area contributed by atoms with Gasteiger partial charge in [0.15, 0.2) is 0 Å². The van der Waals surface area contributed by atoms with E-state index < -0.39 is 4.92 Å². The van der Waals surface area contributed by atoms with Gasteiger partial charge in [-0.15, -0.1) is 0 Å². The van der Waals surface area contributed by atoms with E-state index in [4.69, 9.17) is 4.74 Å². The molecule has 0 unspecified atom stereocenters. The van der Waals surface area contributed by atoms with Gasteiger partial charge in [0.1, 0.15) is 5.69 Å². The first-order valence-corrected chi connectivity index (χ1v) is 9.22. The van der Waals surface area contributed by atoms with Crippen molar-refractivity contribution in [1.82, 2.24) is 0 Å². The highest BCUT2D eigenvalue weighted by Gasteiger charge is 2.23. The van der Waals surface area contributed by atoms with E-state index in [0.717, 1.165) is 9.13 Å². The summed E-state index contributed by atoms with van der Waals surface area (Å²) in [5.74, 6) is -0.374. The van der Waals surface area contributed by atoms with Crippen molar-refractivity contribution in [3.8, 4) is 0 Å². The number of nitrogens with zero attached hydrogens (tertiary/aromatic N) is 2. The third kappa shape index (κ3) is 4.13. The molecule has 1 heterocycles. The van der Waals surface area contributed by atoms with Crippen molar-refractivity contribution in [1.29, 1.82) is 0 Å². The lowest BCUT2D eigenvalue weighted by Gasteiger charge is -2.28. The Bertz CT molecular complexity index is 850. The number of carbonyl (C=O) groups excluding carboxylic acids is 1. The largest absolute Gasteiger partial charge is 0.378 e. The average Bonchev–Trinajstić information content (AvgIpc) is 2.65. The zero-order valence-corrected chi connectivity index (χ0v) is 16.4. The lowest BCUT2D eigenvalue weighted by molar-refractivity contribution is -0.384. The van der Waals surface area contributed by atoms with Crippen molar-refractivity contribution in [3.05, 3.63) is 61.2 Å². The molecule has 1 N–H and O–H groups in total. The Hall–Kier alpha value is -2.20. The number of aryl methyl sites for hydroxylation is 1. The second-order valence-corrected chi connectivity index (χ2v) is 7.14. The average molecular weight is 467 g/mol. The van der Waals surface area contributed by atoms with Crippen LogP contribution in [-0.4, -0.2) is 37.1 Å².